The highest BCUT2D eigenvalue weighted by molar-refractivity contribution is 6.00. The van der Waals surface area contributed by atoms with Crippen LogP contribution in [-0.4, -0.2) is 84.9 Å². The number of carboxylic acids is 2. The molecule has 2 atom stereocenters. The summed E-state index contributed by atoms with van der Waals surface area (Å²) in [4.78, 5) is 156. The van der Waals surface area contributed by atoms with E-state index in [4.69, 9.17) is 11.5 Å². The summed E-state index contributed by atoms with van der Waals surface area (Å²) in [5.41, 5.74) is 13.0. The van der Waals surface area contributed by atoms with Gasteiger partial charge in [-0.05, 0) is 133 Å². The fraction of sp³-hybridized carbons (Fsp3) is 0.172. The molecule has 0 saturated carbocycles. The van der Waals surface area contributed by atoms with Gasteiger partial charge in [0.05, 0.1) is 23.2 Å². The van der Waals surface area contributed by atoms with E-state index in [0.29, 0.717) is 59.3 Å². The Morgan fingerprint density at radius 3 is 1.41 bits per heavy atom. The van der Waals surface area contributed by atoms with Gasteiger partial charge in [0, 0.05) is 24.5 Å². The van der Waals surface area contributed by atoms with Crippen LogP contribution >= 0.6 is 0 Å². The molecule has 0 saturated heterocycles. The predicted octanol–water partition coefficient (Wildman–Crippen LogP) is 1.39. The monoisotopic (exact) mass is 1190 g/mol. The van der Waals surface area contributed by atoms with Gasteiger partial charge in [-0.1, -0.05) is 36.4 Å². The van der Waals surface area contributed by atoms with Gasteiger partial charge in [-0.25, -0.2) is 48.1 Å². The van der Waals surface area contributed by atoms with Gasteiger partial charge in [-0.3, -0.25) is 38.4 Å². The molecule has 0 bridgehead atoms. The van der Waals surface area contributed by atoms with E-state index < -0.39 is 80.7 Å². The summed E-state index contributed by atoms with van der Waals surface area (Å²) < 4.78 is 1.91. The van der Waals surface area contributed by atoms with Gasteiger partial charge < -0.3 is 53.6 Å². The number of aromatic nitrogens is 8. The number of fused-ring (bicyclic) bond motifs is 4. The van der Waals surface area contributed by atoms with Gasteiger partial charge in [0.1, 0.15) is 45.5 Å². The molecule has 0 unspecified atom stereocenters. The van der Waals surface area contributed by atoms with Crippen LogP contribution < -0.4 is 76.5 Å². The minimum Gasteiger partial charge on any atom is -0.478 e. The molecule has 0 aliphatic heterocycles. The highest BCUT2D eigenvalue weighted by atomic mass is 16.4. The van der Waals surface area contributed by atoms with Crippen LogP contribution in [0.25, 0.3) is 11.6 Å². The maximum Gasteiger partial charge on any atom is 0.349 e. The Hall–Kier alpha value is -12.2. The van der Waals surface area contributed by atoms with E-state index in [2.05, 4.69) is 62.3 Å². The zero-order chi connectivity index (χ0) is 62.6. The van der Waals surface area contributed by atoms with Gasteiger partial charge in [0.2, 0.25) is 0 Å². The Morgan fingerprint density at radius 1 is 0.545 bits per heavy atom. The molecular formula is C58H48N16O14. The molecule has 30 heteroatoms. The fourth-order valence-corrected chi connectivity index (χ4v) is 10.8. The molecule has 10 aromatic rings. The lowest BCUT2D eigenvalue weighted by atomic mass is 9.98. The molecule has 12 rings (SSSR count). The smallest absolute Gasteiger partial charge is 0.349 e. The lowest BCUT2D eigenvalue weighted by Gasteiger charge is -2.16. The summed E-state index contributed by atoms with van der Waals surface area (Å²) in [7, 11) is 0. The number of carbonyl (C=O) groups excluding carboxylic acids is 4. The standard InChI is InChI=1S/2C29H24N8O7/c1-12-15-7-8-18(17(15)6-5-16(12)27(42)43)33-25(40)19-10-20(37-28(34-19)35-36-29(37)44)26(41)31-11-13-3-2-4-14(9-13)32-22-21(30)23(38)24(22)39;1-12-15-7-8-18(17(15)6-5-16(12)27(42)43)33-26(41)20-10-19(34-28-35-36-29(44)37(20)28)25(40)31-11-13-3-2-4-14(9-13)32-22-21(30)23(38)24(22)39/h2-6,9-10,18,32H,7-8,11,30H2,1H3,(H,31,41)(H,33,40)(H,36,44)(H,42,43);2-6,9-10,18,32H,7-8,11,30H2,1H3,(H,31,40)(H,33,41)(H,36,44)(H,42,43)/t2*18-/m00/s1. The summed E-state index contributed by atoms with van der Waals surface area (Å²) in [6, 6.07) is 21.3. The Balaban J connectivity index is 0.000000182. The Bertz CT molecular complexity index is 4920. The van der Waals surface area contributed by atoms with Crippen LogP contribution in [0.15, 0.2) is 114 Å². The Kier molecular flexibility index (Phi) is 14.9. The van der Waals surface area contributed by atoms with Gasteiger partial charge in [-0.2, -0.15) is 0 Å². The minimum atomic E-state index is -1.03. The molecule has 0 fully saturated rings. The molecule has 4 aromatic heterocycles. The van der Waals surface area contributed by atoms with Crippen LogP contribution in [0.4, 0.5) is 34.1 Å². The number of nitrogens with two attached hydrogens (primary N) is 2. The van der Waals surface area contributed by atoms with Crippen molar-refractivity contribution in [1.82, 2.24) is 60.4 Å². The van der Waals surface area contributed by atoms with Crippen LogP contribution in [0.3, 0.4) is 0 Å². The number of rotatable bonds is 16. The number of amides is 4. The first-order chi connectivity index (χ1) is 42.1. The topological polar surface area (TPSA) is 461 Å². The molecule has 444 valence electrons. The minimum absolute atomic E-state index is 0.00161. The Morgan fingerprint density at radius 2 is 0.966 bits per heavy atom. The molecule has 2 aliphatic rings. The van der Waals surface area contributed by atoms with E-state index in [0.717, 1.165) is 31.1 Å². The summed E-state index contributed by atoms with van der Waals surface area (Å²) in [6.07, 6.45) is 2.21. The first-order valence-electron chi connectivity index (χ1n) is 26.8. The normalized spacial score (nSPS) is 14.0. The molecule has 6 aromatic carbocycles. The van der Waals surface area contributed by atoms with Crippen LogP contribution in [-0.2, 0) is 25.9 Å². The van der Waals surface area contributed by atoms with Crippen molar-refractivity contribution in [3.05, 3.63) is 225 Å². The van der Waals surface area contributed by atoms with Gasteiger partial charge in [0.25, 0.3) is 56.9 Å². The second-order valence-electron chi connectivity index (χ2n) is 20.6. The van der Waals surface area contributed by atoms with Crippen molar-refractivity contribution in [3.63, 3.8) is 0 Å². The van der Waals surface area contributed by atoms with Crippen LogP contribution in [0.1, 0.15) is 132 Å². The first kappa shape index (κ1) is 57.6. The zero-order valence-electron chi connectivity index (χ0n) is 46.1. The highest BCUT2D eigenvalue weighted by Gasteiger charge is 2.32. The number of H-pyrrole nitrogens is 2. The van der Waals surface area contributed by atoms with Gasteiger partial charge in [0.15, 0.2) is 0 Å². The zero-order valence-corrected chi connectivity index (χ0v) is 46.1. The quantitative estimate of drug-likeness (QED) is 0.0608. The van der Waals surface area contributed by atoms with E-state index in [1.807, 2.05) is 0 Å². The maximum absolute atomic E-state index is 13.5. The van der Waals surface area contributed by atoms with Crippen LogP contribution in [0.2, 0.25) is 0 Å². The van der Waals surface area contributed by atoms with Crippen molar-refractivity contribution in [2.45, 2.75) is 64.7 Å². The summed E-state index contributed by atoms with van der Waals surface area (Å²) in [5.74, 6) is -5.01. The lowest BCUT2D eigenvalue weighted by Crippen LogP contribution is -2.36. The van der Waals surface area contributed by atoms with Gasteiger partial charge >= 0.3 is 23.3 Å². The predicted molar refractivity (Wildman–Crippen MR) is 314 cm³/mol. The number of nitrogens with one attached hydrogen (secondary N) is 8. The summed E-state index contributed by atoms with van der Waals surface area (Å²) in [5, 5.41) is 47.7. The second-order valence-corrected chi connectivity index (χ2v) is 20.6. The fourth-order valence-electron chi connectivity index (χ4n) is 10.8. The molecule has 0 radical (unpaired) electrons. The van der Waals surface area contributed by atoms with Crippen molar-refractivity contribution in [2.24, 2.45) is 0 Å². The van der Waals surface area contributed by atoms with E-state index in [1.165, 1.54) is 24.3 Å². The highest BCUT2D eigenvalue weighted by Crippen LogP contribution is 2.36. The number of benzene rings is 4. The number of hydrogen-bond donors (Lipinski definition) is 12. The first-order valence-corrected chi connectivity index (χ1v) is 26.8. The molecular weight excluding hydrogens is 1140 g/mol. The molecule has 4 heterocycles. The van der Waals surface area contributed by atoms with Gasteiger partial charge in [-0.15, -0.1) is 10.2 Å². The number of carbonyl (C=O) groups is 6. The third-order valence-electron chi connectivity index (χ3n) is 15.4. The second kappa shape index (κ2) is 22.7. The average Bonchev–Trinajstić information content (AvgIpc) is 1.85. The number of aromatic amines is 2. The SMILES string of the molecule is Cc1c(C(=O)O)ccc2c1CC[C@@H]2NC(=O)c1cc(C(=O)NCc2cccc(Nc3c(N)c(=O)c3=O)c2)n2c(=O)[nH]nc2n1.Cc1c(C(=O)O)ccc2c1CC[C@@H]2NC(=O)c1cc(C(=O)NCc2cccc(Nc3c(N)c(=O)c3=O)c2)nc2n[nH]c(=O)n12. The molecule has 30 nitrogen and oxygen atoms in total. The van der Waals surface area contributed by atoms with Crippen molar-refractivity contribution in [2.75, 3.05) is 22.1 Å². The maximum atomic E-state index is 13.5. The number of carboxylic acid groups (broad SMARTS) is 2. The van der Waals surface area contributed by atoms with Crippen molar-refractivity contribution in [1.29, 1.82) is 0 Å². The molecule has 0 spiro atoms. The third-order valence-corrected chi connectivity index (χ3v) is 15.4. The summed E-state index contributed by atoms with van der Waals surface area (Å²) >= 11 is 0. The molecule has 14 N–H and O–H groups in total. The Labute approximate surface area is 491 Å². The van der Waals surface area contributed by atoms with E-state index in [-0.39, 0.29) is 81.3 Å². The molecule has 88 heavy (non-hydrogen) atoms. The number of aromatic carboxylic acids is 2. The number of anilines is 6. The van der Waals surface area contributed by atoms with Crippen molar-refractivity contribution >= 4 is 81.2 Å². The van der Waals surface area contributed by atoms with Crippen LogP contribution in [0, 0.1) is 13.8 Å². The van der Waals surface area contributed by atoms with Crippen molar-refractivity contribution in [3.8, 4) is 0 Å². The largest absolute Gasteiger partial charge is 0.478 e. The third kappa shape index (κ3) is 10.6. The number of nitrogens with zero attached hydrogens (tertiary/aromatic N) is 6. The average molecular weight is 1190 g/mol. The van der Waals surface area contributed by atoms with Crippen LogP contribution in [0.5, 0.6) is 0 Å². The molecule has 4 amide bonds. The number of hydrogen-bond acceptors (Lipinski definition) is 20. The van der Waals surface area contributed by atoms with E-state index >= 15 is 0 Å². The van der Waals surface area contributed by atoms with E-state index in [9.17, 15) is 67.7 Å². The van der Waals surface area contributed by atoms with E-state index in [1.54, 1.807) is 74.5 Å². The molecule has 2 aliphatic carbocycles. The summed E-state index contributed by atoms with van der Waals surface area (Å²) in [6.45, 7) is 3.50. The lowest BCUT2D eigenvalue weighted by molar-refractivity contribution is 0.0685. The van der Waals surface area contributed by atoms with Crippen molar-refractivity contribution < 1.29 is 39.0 Å². The number of nitrogen functional groups attached to an aromatic ring is 2.